The summed E-state index contributed by atoms with van der Waals surface area (Å²) in [6.07, 6.45) is 3.59. The van der Waals surface area contributed by atoms with Crippen LogP contribution in [0.3, 0.4) is 0 Å². The molecule has 0 radical (unpaired) electrons. The fourth-order valence-electron chi connectivity index (χ4n) is 2.35. The molecule has 0 spiro atoms. The average Bonchev–Trinajstić information content (AvgIpc) is 3.16. The second kappa shape index (κ2) is 5.14. The summed E-state index contributed by atoms with van der Waals surface area (Å²) in [5, 5.41) is 22.9. The van der Waals surface area contributed by atoms with Gasteiger partial charge in [0.1, 0.15) is 0 Å². The van der Waals surface area contributed by atoms with Gasteiger partial charge in [-0.1, -0.05) is 0 Å². The van der Waals surface area contributed by atoms with Gasteiger partial charge in [0.15, 0.2) is 6.10 Å². The Morgan fingerprint density at radius 1 is 1.28 bits per heavy atom. The molecule has 1 atom stereocenters. The summed E-state index contributed by atoms with van der Waals surface area (Å²) in [6, 6.07) is -0.278. The van der Waals surface area contributed by atoms with Gasteiger partial charge < -0.3 is 20.8 Å². The highest BCUT2D eigenvalue weighted by Gasteiger charge is 2.53. The number of hydrogen-bond acceptors (Lipinski definition) is 3. The Balaban J connectivity index is 1.56. The predicted molar refractivity (Wildman–Crippen MR) is 64.1 cm³/mol. The Bertz CT molecular complexity index is 337. The number of carbonyl (C=O) groups is 2. The summed E-state index contributed by atoms with van der Waals surface area (Å²) in [6.45, 7) is 0.876. The summed E-state index contributed by atoms with van der Waals surface area (Å²) in [4.78, 5) is 21.8. The fourth-order valence-corrected chi connectivity index (χ4v) is 2.35. The van der Waals surface area contributed by atoms with Gasteiger partial charge in [0, 0.05) is 19.5 Å². The van der Waals surface area contributed by atoms with Crippen LogP contribution in [0, 0.1) is 11.3 Å². The molecule has 102 valence electrons. The lowest BCUT2D eigenvalue weighted by molar-refractivity contribution is -0.146. The molecule has 0 aromatic heterocycles. The molecule has 0 heterocycles. The number of carbonyl (C=O) groups excluding carboxylic acids is 1. The maximum Gasteiger partial charge on any atom is 0.332 e. The third kappa shape index (κ3) is 3.35. The van der Waals surface area contributed by atoms with Crippen molar-refractivity contribution in [1.29, 1.82) is 0 Å². The van der Waals surface area contributed by atoms with Crippen LogP contribution in [0.5, 0.6) is 0 Å². The Morgan fingerprint density at radius 2 is 1.94 bits per heavy atom. The monoisotopic (exact) mass is 256 g/mol. The first kappa shape index (κ1) is 13.1. The van der Waals surface area contributed by atoms with Crippen LogP contribution in [0.4, 0.5) is 4.79 Å². The molecule has 0 bridgehead atoms. The van der Waals surface area contributed by atoms with E-state index in [1.807, 2.05) is 0 Å². The van der Waals surface area contributed by atoms with E-state index in [4.69, 9.17) is 10.2 Å². The number of hydrogen-bond donors (Lipinski definition) is 4. The second-order valence-corrected chi connectivity index (χ2v) is 5.39. The first-order chi connectivity index (χ1) is 8.53. The number of aliphatic carboxylic acids is 1. The molecular weight excluding hydrogens is 236 g/mol. The van der Waals surface area contributed by atoms with Crippen LogP contribution >= 0.6 is 0 Å². The quantitative estimate of drug-likeness (QED) is 0.527. The van der Waals surface area contributed by atoms with Crippen LogP contribution in [-0.4, -0.2) is 41.4 Å². The number of aliphatic hydroxyl groups excluding tert-OH is 1. The van der Waals surface area contributed by atoms with Gasteiger partial charge in [-0.3, -0.25) is 0 Å². The Labute approximate surface area is 106 Å². The van der Waals surface area contributed by atoms with Gasteiger partial charge in [-0.15, -0.1) is 0 Å². The minimum Gasteiger partial charge on any atom is -0.479 e. The SMILES string of the molecule is O=C(NCC[C@H](O)C(=O)O)NCC1(C2CC2)CC1. The van der Waals surface area contributed by atoms with Gasteiger partial charge >= 0.3 is 12.0 Å². The van der Waals surface area contributed by atoms with Crippen LogP contribution in [-0.2, 0) is 4.79 Å². The molecule has 2 rings (SSSR count). The minimum atomic E-state index is -1.41. The molecule has 2 fully saturated rings. The molecule has 2 aliphatic rings. The second-order valence-electron chi connectivity index (χ2n) is 5.39. The molecule has 0 aliphatic heterocycles. The Morgan fingerprint density at radius 3 is 2.44 bits per heavy atom. The summed E-state index contributed by atoms with van der Waals surface area (Å²) >= 11 is 0. The highest BCUT2D eigenvalue weighted by atomic mass is 16.4. The summed E-state index contributed by atoms with van der Waals surface area (Å²) < 4.78 is 0. The van der Waals surface area contributed by atoms with Crippen molar-refractivity contribution in [3.05, 3.63) is 0 Å². The molecule has 2 aliphatic carbocycles. The minimum absolute atomic E-state index is 0.0243. The number of carboxylic acid groups (broad SMARTS) is 1. The lowest BCUT2D eigenvalue weighted by atomic mass is 10.0. The van der Waals surface area contributed by atoms with E-state index in [0.717, 1.165) is 5.92 Å². The number of carboxylic acids is 1. The number of aliphatic hydroxyl groups is 1. The van der Waals surface area contributed by atoms with Crippen molar-refractivity contribution in [1.82, 2.24) is 10.6 Å². The zero-order valence-corrected chi connectivity index (χ0v) is 10.3. The largest absolute Gasteiger partial charge is 0.479 e. The zero-order valence-electron chi connectivity index (χ0n) is 10.3. The normalized spacial score (nSPS) is 22.1. The van der Waals surface area contributed by atoms with E-state index in [-0.39, 0.29) is 19.0 Å². The lowest BCUT2D eigenvalue weighted by Crippen LogP contribution is -2.40. The smallest absolute Gasteiger partial charge is 0.332 e. The average molecular weight is 256 g/mol. The Hall–Kier alpha value is -1.30. The molecule has 2 saturated carbocycles. The maximum absolute atomic E-state index is 11.5. The standard InChI is InChI=1S/C12H20N2O4/c15-9(10(16)17)3-6-13-11(18)14-7-12(4-5-12)8-1-2-8/h8-9,15H,1-7H2,(H,16,17)(H2,13,14,18)/t9-/m0/s1. The van der Waals surface area contributed by atoms with Gasteiger partial charge in [0.2, 0.25) is 0 Å². The molecular formula is C12H20N2O4. The number of urea groups is 1. The Kier molecular flexibility index (Phi) is 3.75. The number of amides is 2. The van der Waals surface area contributed by atoms with Gasteiger partial charge in [-0.2, -0.15) is 0 Å². The van der Waals surface area contributed by atoms with E-state index in [1.54, 1.807) is 0 Å². The summed E-state index contributed by atoms with van der Waals surface area (Å²) in [5.74, 6) is -0.463. The van der Waals surface area contributed by atoms with E-state index in [0.29, 0.717) is 12.0 Å². The molecule has 4 N–H and O–H groups in total. The third-order valence-electron chi connectivity index (χ3n) is 3.93. The van der Waals surface area contributed by atoms with Gasteiger partial charge in [0.25, 0.3) is 0 Å². The lowest BCUT2D eigenvalue weighted by Gasteiger charge is -2.15. The van der Waals surface area contributed by atoms with E-state index < -0.39 is 12.1 Å². The van der Waals surface area contributed by atoms with E-state index >= 15 is 0 Å². The summed E-state index contributed by atoms with van der Waals surface area (Å²) in [5.41, 5.74) is 0.359. The highest BCUT2D eigenvalue weighted by Crippen LogP contribution is 2.60. The van der Waals surface area contributed by atoms with Crippen LogP contribution in [0.25, 0.3) is 0 Å². The van der Waals surface area contributed by atoms with Crippen LogP contribution in [0.15, 0.2) is 0 Å². The van der Waals surface area contributed by atoms with Crippen LogP contribution < -0.4 is 10.6 Å². The van der Waals surface area contributed by atoms with Crippen molar-refractivity contribution in [2.75, 3.05) is 13.1 Å². The third-order valence-corrected chi connectivity index (χ3v) is 3.93. The first-order valence-electron chi connectivity index (χ1n) is 6.46. The van der Waals surface area contributed by atoms with Crippen LogP contribution in [0.1, 0.15) is 32.1 Å². The number of nitrogens with one attached hydrogen (secondary N) is 2. The molecule has 2 amide bonds. The van der Waals surface area contributed by atoms with Crippen molar-refractivity contribution in [3.63, 3.8) is 0 Å². The molecule has 0 aromatic rings. The van der Waals surface area contributed by atoms with E-state index in [2.05, 4.69) is 10.6 Å². The first-order valence-corrected chi connectivity index (χ1v) is 6.46. The number of rotatable bonds is 7. The zero-order chi connectivity index (χ0) is 13.2. The van der Waals surface area contributed by atoms with Gasteiger partial charge in [0.05, 0.1) is 0 Å². The van der Waals surface area contributed by atoms with Crippen molar-refractivity contribution in [2.24, 2.45) is 11.3 Å². The van der Waals surface area contributed by atoms with Crippen molar-refractivity contribution in [2.45, 2.75) is 38.2 Å². The predicted octanol–water partition coefficient (Wildman–Crippen LogP) is 0.311. The maximum atomic E-state index is 11.5. The molecule has 0 saturated heterocycles. The molecule has 6 heteroatoms. The van der Waals surface area contributed by atoms with Crippen LogP contribution in [0.2, 0.25) is 0 Å². The molecule has 0 aromatic carbocycles. The van der Waals surface area contributed by atoms with E-state index in [1.165, 1.54) is 25.7 Å². The molecule has 18 heavy (non-hydrogen) atoms. The highest BCUT2D eigenvalue weighted by molar-refractivity contribution is 5.74. The molecule has 0 unspecified atom stereocenters. The van der Waals surface area contributed by atoms with Crippen molar-refractivity contribution >= 4 is 12.0 Å². The fraction of sp³-hybridized carbons (Fsp3) is 0.833. The van der Waals surface area contributed by atoms with Crippen molar-refractivity contribution in [3.8, 4) is 0 Å². The van der Waals surface area contributed by atoms with Gasteiger partial charge in [-0.05, 0) is 37.0 Å². The molecule has 6 nitrogen and oxygen atoms in total. The van der Waals surface area contributed by atoms with Gasteiger partial charge in [-0.25, -0.2) is 9.59 Å². The van der Waals surface area contributed by atoms with Crippen molar-refractivity contribution < 1.29 is 19.8 Å². The topological polar surface area (TPSA) is 98.7 Å². The summed E-state index contributed by atoms with van der Waals surface area (Å²) in [7, 11) is 0. The van der Waals surface area contributed by atoms with E-state index in [9.17, 15) is 9.59 Å².